The third-order valence-electron chi connectivity index (χ3n) is 8.23. The Hall–Kier alpha value is -6.14. The molecular weight excluding hydrogens is 752 g/mol. The van der Waals surface area contributed by atoms with Gasteiger partial charge in [0, 0.05) is 48.4 Å². The third-order valence-corrected chi connectivity index (χ3v) is 8.53. The van der Waals surface area contributed by atoms with Crippen LogP contribution in [0.3, 0.4) is 0 Å². The molecule has 0 unspecified atom stereocenters. The summed E-state index contributed by atoms with van der Waals surface area (Å²) in [5, 5.41) is 21.1. The average Bonchev–Trinajstić information content (AvgIpc) is 3.54. The molecule has 296 valence electrons. The molecule has 0 spiro atoms. The van der Waals surface area contributed by atoms with Crippen molar-refractivity contribution in [3.05, 3.63) is 83.3 Å². The Balaban J connectivity index is 1.27. The number of carbonyl (C=O) groups excluding carboxylic acids is 2. The average molecular weight is 794 g/mol. The highest BCUT2D eigenvalue weighted by Crippen LogP contribution is 2.33. The fraction of sp³-hybridized carbons (Fsp3) is 0.324. The molecule has 0 aliphatic heterocycles. The first-order valence-corrected chi connectivity index (χ1v) is 18.1. The number of anilines is 2. The molecule has 0 aliphatic carbocycles. The Labute approximate surface area is 325 Å². The van der Waals surface area contributed by atoms with Crippen LogP contribution in [-0.2, 0) is 20.9 Å². The van der Waals surface area contributed by atoms with Gasteiger partial charge in [-0.25, -0.2) is 23.5 Å². The summed E-state index contributed by atoms with van der Waals surface area (Å²) in [6.07, 6.45) is 5.56. The minimum absolute atomic E-state index is 0.0152. The number of benzene rings is 2. The number of esters is 1. The van der Waals surface area contributed by atoms with Crippen LogP contribution in [-0.4, -0.2) is 81.0 Å². The van der Waals surface area contributed by atoms with E-state index in [-0.39, 0.29) is 67.5 Å². The number of carbonyl (C=O) groups is 2. The molecule has 16 nitrogen and oxygen atoms in total. The maximum Gasteiger partial charge on any atom is 0.328 e. The number of aromatic nitrogens is 5. The summed E-state index contributed by atoms with van der Waals surface area (Å²) in [5.74, 6) is -2.11. The molecule has 1 amide bonds. The van der Waals surface area contributed by atoms with Gasteiger partial charge in [0.05, 0.1) is 54.8 Å². The van der Waals surface area contributed by atoms with E-state index in [1.54, 1.807) is 43.5 Å². The molecule has 8 N–H and O–H groups in total. The van der Waals surface area contributed by atoms with Gasteiger partial charge >= 0.3 is 5.97 Å². The number of nitrogens with zero attached hydrogens (tertiary/aromatic N) is 5. The number of amides is 1. The lowest BCUT2D eigenvalue weighted by Crippen LogP contribution is -2.47. The van der Waals surface area contributed by atoms with Crippen molar-refractivity contribution in [1.82, 2.24) is 35.4 Å². The summed E-state index contributed by atoms with van der Waals surface area (Å²) in [7, 11) is 0. The number of pyridine rings is 1. The maximum absolute atomic E-state index is 15.1. The minimum Gasteiger partial charge on any atom is -0.494 e. The zero-order valence-corrected chi connectivity index (χ0v) is 31.4. The van der Waals surface area contributed by atoms with Crippen LogP contribution in [0, 0.1) is 17.0 Å². The molecule has 0 bridgehead atoms. The van der Waals surface area contributed by atoms with Crippen molar-refractivity contribution in [3.63, 3.8) is 0 Å². The van der Waals surface area contributed by atoms with E-state index in [2.05, 4.69) is 31.0 Å². The first-order valence-electron chi connectivity index (χ1n) is 17.7. The molecule has 0 fully saturated rings. The topological polar surface area (TPSA) is 230 Å². The number of hydrogen-bond acceptors (Lipinski definition) is 12. The summed E-state index contributed by atoms with van der Waals surface area (Å²) in [5.41, 5.74) is 12.4. The second-order valence-electron chi connectivity index (χ2n) is 12.4. The smallest absolute Gasteiger partial charge is 0.328 e. The number of rotatable bonds is 19. The van der Waals surface area contributed by atoms with E-state index in [9.17, 15) is 9.59 Å². The quantitative estimate of drug-likeness (QED) is 0.0295. The first kappa shape index (κ1) is 41.0. The van der Waals surface area contributed by atoms with Crippen molar-refractivity contribution in [2.45, 2.75) is 51.7 Å². The van der Waals surface area contributed by atoms with Crippen molar-refractivity contribution in [2.75, 3.05) is 31.7 Å². The summed E-state index contributed by atoms with van der Waals surface area (Å²) in [6, 6.07) is 9.31. The molecule has 0 radical (unpaired) electrons. The summed E-state index contributed by atoms with van der Waals surface area (Å²) in [4.78, 5) is 38.2. The molecule has 2 atom stereocenters. The Morgan fingerprint density at radius 1 is 1.07 bits per heavy atom. The number of halogens is 3. The van der Waals surface area contributed by atoms with Crippen LogP contribution >= 0.6 is 11.6 Å². The van der Waals surface area contributed by atoms with Crippen molar-refractivity contribution in [3.8, 4) is 23.0 Å². The number of hydrogen-bond donors (Lipinski definition) is 6. The predicted molar refractivity (Wildman–Crippen MR) is 206 cm³/mol. The number of nitrogens with one attached hydrogen (secondary N) is 4. The number of para-hydroxylation sites is 1. The normalized spacial score (nSPS) is 12.1. The Morgan fingerprint density at radius 3 is 2.57 bits per heavy atom. The van der Waals surface area contributed by atoms with Crippen molar-refractivity contribution < 1.29 is 32.6 Å². The van der Waals surface area contributed by atoms with Gasteiger partial charge in [-0.1, -0.05) is 29.8 Å². The highest BCUT2D eigenvalue weighted by atomic mass is 35.5. The van der Waals surface area contributed by atoms with Crippen molar-refractivity contribution in [1.29, 1.82) is 5.41 Å². The van der Waals surface area contributed by atoms with E-state index >= 15 is 8.78 Å². The fourth-order valence-electron chi connectivity index (χ4n) is 5.42. The maximum atomic E-state index is 15.1. The van der Waals surface area contributed by atoms with Gasteiger partial charge in [0.2, 0.25) is 5.91 Å². The van der Waals surface area contributed by atoms with Crippen LogP contribution in [0.15, 0.2) is 61.1 Å². The second-order valence-corrected chi connectivity index (χ2v) is 12.8. The largest absolute Gasteiger partial charge is 0.494 e. The fourth-order valence-corrected chi connectivity index (χ4v) is 5.59. The summed E-state index contributed by atoms with van der Waals surface area (Å²) in [6.45, 7) is 3.73. The zero-order valence-electron chi connectivity index (χ0n) is 30.7. The highest BCUT2D eigenvalue weighted by molar-refractivity contribution is 6.33. The second kappa shape index (κ2) is 19.4. The Morgan fingerprint density at radius 2 is 1.84 bits per heavy atom. The molecule has 3 aromatic heterocycles. The van der Waals surface area contributed by atoms with Crippen molar-refractivity contribution >= 4 is 51.8 Å². The Bertz CT molecular complexity index is 2150. The van der Waals surface area contributed by atoms with E-state index < -0.39 is 35.6 Å². The van der Waals surface area contributed by atoms with E-state index in [1.807, 2.05) is 0 Å². The summed E-state index contributed by atoms with van der Waals surface area (Å²) >= 11 is 6.39. The molecule has 3 heterocycles. The number of nitrogens with two attached hydrogens (primary N) is 2. The van der Waals surface area contributed by atoms with Crippen LogP contribution in [0.5, 0.6) is 11.5 Å². The van der Waals surface area contributed by atoms with Gasteiger partial charge < -0.3 is 41.6 Å². The van der Waals surface area contributed by atoms with Gasteiger partial charge in [-0.15, -0.1) is 0 Å². The highest BCUT2D eigenvalue weighted by Gasteiger charge is 2.22. The molecule has 56 heavy (non-hydrogen) atoms. The van der Waals surface area contributed by atoms with Gasteiger partial charge in [-0.3, -0.25) is 19.9 Å². The lowest BCUT2D eigenvalue weighted by molar-refractivity contribution is -0.147. The van der Waals surface area contributed by atoms with Crippen molar-refractivity contribution in [2.24, 2.45) is 11.5 Å². The molecular formula is C37H42ClF2N11O5. The SMILES string of the molecule is CCOc1cc(F)c(Cn2nc(-c3ncc(OCCCOC(=O)[C@H](C)NC(=O)[C@@H](N)CCCNC(=N)N)c(Nc4ccncc4Cl)n3)c3ccccc32)c(F)c1. The van der Waals surface area contributed by atoms with Gasteiger partial charge in [0.25, 0.3) is 0 Å². The molecule has 0 saturated heterocycles. The number of guanidine groups is 1. The predicted octanol–water partition coefficient (Wildman–Crippen LogP) is 4.42. The van der Waals surface area contributed by atoms with Crippen LogP contribution in [0.2, 0.25) is 5.02 Å². The van der Waals surface area contributed by atoms with Crippen LogP contribution in [0.4, 0.5) is 20.3 Å². The lowest BCUT2D eigenvalue weighted by atomic mass is 10.1. The zero-order chi connectivity index (χ0) is 40.2. The molecule has 5 aromatic rings. The Kier molecular flexibility index (Phi) is 14.2. The molecule has 0 aliphatic rings. The van der Waals surface area contributed by atoms with Crippen LogP contribution < -0.4 is 36.9 Å². The number of fused-ring (bicyclic) bond motifs is 1. The van der Waals surface area contributed by atoms with Gasteiger partial charge in [-0.05, 0) is 38.8 Å². The van der Waals surface area contributed by atoms with E-state index in [1.165, 1.54) is 24.0 Å². The minimum atomic E-state index is -0.940. The van der Waals surface area contributed by atoms with E-state index in [0.29, 0.717) is 46.7 Å². The van der Waals surface area contributed by atoms with E-state index in [0.717, 1.165) is 12.1 Å². The van der Waals surface area contributed by atoms with E-state index in [4.69, 9.17) is 47.7 Å². The lowest BCUT2D eigenvalue weighted by Gasteiger charge is -2.17. The first-order chi connectivity index (χ1) is 26.9. The van der Waals surface area contributed by atoms with Crippen LogP contribution in [0.1, 0.15) is 38.7 Å². The van der Waals surface area contributed by atoms with Crippen LogP contribution in [0.25, 0.3) is 22.4 Å². The van der Waals surface area contributed by atoms with Gasteiger partial charge in [0.15, 0.2) is 23.4 Å². The number of ether oxygens (including phenoxy) is 3. The standard InChI is InChI=1S/C37H42ClF2N11O5/c1-3-54-22-16-26(39)24(27(40)17-22)20-51-30-10-5-4-8-23(30)32(50-51)34-46-19-31(33(49-34)48-29-11-13-44-18-25(29)38)55-14-7-15-56-36(53)21(2)47-35(52)28(41)9-6-12-45-37(42)43/h4-5,8,10-11,13,16-19,21,28H,3,6-7,9,12,14-15,20,41H2,1-2H3,(H,47,52)(H4,42,43,45)(H,44,46,48,49)/t21-,28-/m0/s1. The molecule has 5 rings (SSSR count). The van der Waals surface area contributed by atoms with Gasteiger partial charge in [0.1, 0.15) is 29.1 Å². The summed E-state index contributed by atoms with van der Waals surface area (Å²) < 4.78 is 48.2. The molecule has 19 heteroatoms. The van der Waals surface area contributed by atoms with Gasteiger partial charge in [-0.2, -0.15) is 5.10 Å². The molecule has 2 aromatic carbocycles. The molecule has 0 saturated carbocycles. The monoisotopic (exact) mass is 793 g/mol. The third kappa shape index (κ3) is 10.8.